The zero-order chi connectivity index (χ0) is 28.3. The quantitative estimate of drug-likeness (QED) is 0.220. The van der Waals surface area contributed by atoms with Crippen LogP contribution in [0.1, 0.15) is 15.2 Å². The molecule has 0 aliphatic carbocycles. The molecule has 0 N–H and O–H groups in total. The molecule has 7 nitrogen and oxygen atoms in total. The zero-order valence-corrected chi connectivity index (χ0v) is 22.0. The Hall–Kier alpha value is -4.60. The van der Waals surface area contributed by atoms with E-state index >= 15 is 0 Å². The van der Waals surface area contributed by atoms with Crippen LogP contribution in [0, 0.1) is 13.8 Å². The molecule has 4 aromatic carbocycles. The van der Waals surface area contributed by atoms with Gasteiger partial charge in [0.25, 0.3) is 0 Å². The standard InChI is InChI=1S/C30H18N6OS2/c1-15-7-3-11-19-23(15)31-29-35(19)21-13-5-9-17(25(21)38-29)27-33-34-28(37-27)18-10-6-14-22-26(18)39-30-32-24-16(2)8-4-12-20(24)36(22)30/h3-14H,1-2H3/i1D3. The first-order valence-corrected chi connectivity index (χ1v) is 14.0. The molecule has 9 aromatic rings. The number of hydrogen-bond donors (Lipinski definition) is 0. The Morgan fingerprint density at radius 2 is 1.13 bits per heavy atom. The predicted octanol–water partition coefficient (Wildman–Crippen LogP) is 8.05. The average molecular weight is 546 g/mol. The lowest BCUT2D eigenvalue weighted by Gasteiger charge is -2.00. The van der Waals surface area contributed by atoms with Crippen LogP contribution in [0.3, 0.4) is 0 Å². The maximum atomic E-state index is 7.94. The molecule has 0 saturated heterocycles. The Morgan fingerprint density at radius 3 is 1.69 bits per heavy atom. The van der Waals surface area contributed by atoms with Gasteiger partial charge in [-0.25, -0.2) is 9.97 Å². The van der Waals surface area contributed by atoms with Gasteiger partial charge in [-0.3, -0.25) is 8.80 Å². The number of thiazole rings is 2. The maximum absolute atomic E-state index is 7.94. The minimum absolute atomic E-state index is 0.250. The largest absolute Gasteiger partial charge is 0.416 e. The number of aryl methyl sites for hydroxylation is 2. The summed E-state index contributed by atoms with van der Waals surface area (Å²) in [5.74, 6) is 0.846. The normalized spacial score (nSPS) is 13.8. The predicted molar refractivity (Wildman–Crippen MR) is 158 cm³/mol. The second-order valence-electron chi connectivity index (χ2n) is 9.50. The molecule has 0 atom stereocenters. The SMILES string of the molecule is [2H]C([2H])([2H])c1cccc2c1nc1sc3c(-c4nnc(-c5cccc6c5sc5nc7c(C)cccc7n56)o4)cccc3n12. The summed E-state index contributed by atoms with van der Waals surface area (Å²) in [7, 11) is 0. The maximum Gasteiger partial charge on any atom is 0.249 e. The highest BCUT2D eigenvalue weighted by atomic mass is 32.1. The third-order valence-corrected chi connectivity index (χ3v) is 9.43. The molecule has 39 heavy (non-hydrogen) atoms. The molecular weight excluding hydrogens is 525 g/mol. The van der Waals surface area contributed by atoms with Gasteiger partial charge >= 0.3 is 0 Å². The van der Waals surface area contributed by atoms with Gasteiger partial charge in [0.15, 0.2) is 9.92 Å². The molecule has 0 unspecified atom stereocenters. The molecule has 186 valence electrons. The van der Waals surface area contributed by atoms with Crippen molar-refractivity contribution in [3.8, 4) is 22.9 Å². The summed E-state index contributed by atoms with van der Waals surface area (Å²) in [4.78, 5) is 11.3. The van der Waals surface area contributed by atoms with Gasteiger partial charge in [0, 0.05) is 4.11 Å². The van der Waals surface area contributed by atoms with E-state index in [2.05, 4.69) is 45.8 Å². The number of rotatable bonds is 2. The number of benzene rings is 4. The molecule has 0 saturated carbocycles. The topological polar surface area (TPSA) is 73.5 Å². The van der Waals surface area contributed by atoms with Crippen LogP contribution in [0.4, 0.5) is 0 Å². The summed E-state index contributed by atoms with van der Waals surface area (Å²) < 4.78 is 36.3. The van der Waals surface area contributed by atoms with Crippen LogP contribution in [-0.2, 0) is 0 Å². The van der Waals surface area contributed by atoms with Crippen molar-refractivity contribution in [3.05, 3.63) is 83.9 Å². The van der Waals surface area contributed by atoms with Crippen molar-refractivity contribution >= 4 is 75.1 Å². The van der Waals surface area contributed by atoms with E-state index in [9.17, 15) is 0 Å². The third-order valence-electron chi connectivity index (χ3n) is 7.25. The van der Waals surface area contributed by atoms with Crippen LogP contribution in [0.15, 0.2) is 77.2 Å². The lowest BCUT2D eigenvalue weighted by atomic mass is 10.2. The molecule has 9 rings (SSSR count). The van der Waals surface area contributed by atoms with Gasteiger partial charge in [-0.05, 0) is 61.3 Å². The van der Waals surface area contributed by atoms with E-state index in [0.29, 0.717) is 22.3 Å². The molecule has 0 aliphatic heterocycles. The van der Waals surface area contributed by atoms with E-state index in [1.54, 1.807) is 23.5 Å². The Morgan fingerprint density at radius 1 is 0.641 bits per heavy atom. The molecular formula is C30H18N6OS2. The molecule has 5 aromatic heterocycles. The molecule has 5 heterocycles. The smallest absolute Gasteiger partial charge is 0.249 e. The highest BCUT2D eigenvalue weighted by molar-refractivity contribution is 7.24. The summed E-state index contributed by atoms with van der Waals surface area (Å²) in [6, 6.07) is 23.5. The fourth-order valence-corrected chi connectivity index (χ4v) is 7.75. The molecule has 0 radical (unpaired) electrons. The van der Waals surface area contributed by atoms with E-state index in [0.717, 1.165) is 58.6 Å². The van der Waals surface area contributed by atoms with Gasteiger partial charge in [0.05, 0.1) is 53.6 Å². The lowest BCUT2D eigenvalue weighted by molar-refractivity contribution is 0.586. The highest BCUT2D eigenvalue weighted by Crippen LogP contribution is 2.40. The van der Waals surface area contributed by atoms with E-state index in [4.69, 9.17) is 18.5 Å². The van der Waals surface area contributed by atoms with Crippen molar-refractivity contribution in [1.82, 2.24) is 29.0 Å². The highest BCUT2D eigenvalue weighted by Gasteiger charge is 2.21. The number of imidazole rings is 2. The van der Waals surface area contributed by atoms with E-state index in [-0.39, 0.29) is 5.56 Å². The summed E-state index contributed by atoms with van der Waals surface area (Å²) >= 11 is 3.08. The number of nitrogens with zero attached hydrogens (tertiary/aromatic N) is 6. The first kappa shape index (κ1) is 18.6. The third kappa shape index (κ3) is 2.80. The van der Waals surface area contributed by atoms with E-state index in [1.807, 2.05) is 40.8 Å². The van der Waals surface area contributed by atoms with Crippen molar-refractivity contribution in [2.75, 3.05) is 0 Å². The van der Waals surface area contributed by atoms with Crippen molar-refractivity contribution in [2.24, 2.45) is 0 Å². The molecule has 9 heteroatoms. The van der Waals surface area contributed by atoms with Crippen LogP contribution in [0.2, 0.25) is 0 Å². The minimum atomic E-state index is -2.24. The van der Waals surface area contributed by atoms with Gasteiger partial charge in [0.1, 0.15) is 0 Å². The summed E-state index contributed by atoms with van der Waals surface area (Å²) in [5.41, 5.74) is 8.35. The first-order valence-electron chi connectivity index (χ1n) is 13.8. The Labute approximate surface area is 232 Å². The Balaban J connectivity index is 1.20. The minimum Gasteiger partial charge on any atom is -0.416 e. The van der Waals surface area contributed by atoms with Crippen LogP contribution < -0.4 is 0 Å². The van der Waals surface area contributed by atoms with Crippen LogP contribution in [0.25, 0.3) is 75.3 Å². The van der Waals surface area contributed by atoms with Crippen LogP contribution in [0.5, 0.6) is 0 Å². The molecule has 0 aliphatic rings. The summed E-state index contributed by atoms with van der Waals surface area (Å²) in [6.45, 7) is -0.166. The summed E-state index contributed by atoms with van der Waals surface area (Å²) in [5, 5.41) is 8.92. The number of fused-ring (bicyclic) bond motifs is 10. The monoisotopic (exact) mass is 545 g/mol. The van der Waals surface area contributed by atoms with Crippen LogP contribution >= 0.6 is 22.7 Å². The second kappa shape index (κ2) is 7.49. The van der Waals surface area contributed by atoms with Crippen LogP contribution in [-0.4, -0.2) is 29.0 Å². The van der Waals surface area contributed by atoms with Gasteiger partial charge in [-0.15, -0.1) is 10.2 Å². The van der Waals surface area contributed by atoms with Gasteiger partial charge < -0.3 is 4.42 Å². The van der Waals surface area contributed by atoms with Crippen molar-refractivity contribution in [3.63, 3.8) is 0 Å². The van der Waals surface area contributed by atoms with Gasteiger partial charge in [-0.1, -0.05) is 59.1 Å². The van der Waals surface area contributed by atoms with Gasteiger partial charge in [0.2, 0.25) is 11.8 Å². The fraction of sp³-hybridized carbons (Fsp3) is 0.0667. The lowest BCUT2D eigenvalue weighted by Crippen LogP contribution is -1.83. The zero-order valence-electron chi connectivity index (χ0n) is 23.3. The molecule has 0 amide bonds. The van der Waals surface area contributed by atoms with Crippen molar-refractivity contribution in [1.29, 1.82) is 0 Å². The molecule has 0 spiro atoms. The van der Waals surface area contributed by atoms with E-state index in [1.165, 1.54) is 11.3 Å². The van der Waals surface area contributed by atoms with Crippen molar-refractivity contribution < 1.29 is 8.53 Å². The number of hydrogen-bond acceptors (Lipinski definition) is 7. The van der Waals surface area contributed by atoms with Gasteiger partial charge in [-0.2, -0.15) is 0 Å². The molecule has 0 fully saturated rings. The Bertz CT molecular complexity index is 2550. The number of aromatic nitrogens is 6. The number of para-hydroxylation sites is 2. The fourth-order valence-electron chi connectivity index (χ4n) is 5.48. The van der Waals surface area contributed by atoms with E-state index < -0.39 is 6.85 Å². The average Bonchev–Trinajstić information content (AvgIpc) is 3.77. The summed E-state index contributed by atoms with van der Waals surface area (Å²) in [6.07, 6.45) is 0. The molecule has 0 bridgehead atoms. The second-order valence-corrected chi connectivity index (χ2v) is 11.5. The van der Waals surface area contributed by atoms with Crippen molar-refractivity contribution in [2.45, 2.75) is 13.8 Å². The first-order chi connectivity index (χ1) is 20.4. The Kier molecular flexibility index (Phi) is 3.58.